The van der Waals surface area contributed by atoms with E-state index in [2.05, 4.69) is 15.0 Å². The average Bonchev–Trinajstić information content (AvgIpc) is 3.12. The van der Waals surface area contributed by atoms with E-state index in [9.17, 15) is 26.3 Å². The van der Waals surface area contributed by atoms with Crippen LogP contribution >= 0.6 is 19.7 Å². The third kappa shape index (κ3) is 9.50. The number of nitrogens with zero attached hydrogens (tertiary/aromatic N) is 4. The fraction of sp³-hybridized carbons (Fsp3) is 0.500. The van der Waals surface area contributed by atoms with Gasteiger partial charge in [-0.05, 0) is 39.0 Å². The van der Waals surface area contributed by atoms with Crippen LogP contribution < -0.4 is 10.5 Å². The van der Waals surface area contributed by atoms with Crippen molar-refractivity contribution in [3.8, 4) is 5.75 Å². The normalized spacial score (nSPS) is 13.6. The van der Waals surface area contributed by atoms with Crippen molar-refractivity contribution in [2.24, 2.45) is 0 Å². The molecule has 0 saturated carbocycles. The van der Waals surface area contributed by atoms with Crippen molar-refractivity contribution in [2.45, 2.75) is 61.8 Å². The summed E-state index contributed by atoms with van der Waals surface area (Å²) in [4.78, 5) is 13.7. The maximum absolute atomic E-state index is 12.7. The van der Waals surface area contributed by atoms with Gasteiger partial charge in [0.25, 0.3) is 0 Å². The van der Waals surface area contributed by atoms with E-state index in [1.165, 1.54) is 18.1 Å². The molecule has 1 aromatic carbocycles. The molecule has 1 atom stereocenters. The number of hydrogen-bond donors (Lipinski definition) is 1. The molecule has 204 valence electrons. The second kappa shape index (κ2) is 12.0. The maximum atomic E-state index is 12.7. The second-order valence-electron chi connectivity index (χ2n) is 8.52. The van der Waals surface area contributed by atoms with Gasteiger partial charge in [0, 0.05) is 4.90 Å². The third-order valence-corrected chi connectivity index (χ3v) is 7.74. The van der Waals surface area contributed by atoms with E-state index in [4.69, 9.17) is 15.2 Å². The molecule has 0 bridgehead atoms. The summed E-state index contributed by atoms with van der Waals surface area (Å²) in [5.41, 5.74) is 6.72. The molecule has 2 heterocycles. The Labute approximate surface area is 214 Å². The third-order valence-electron chi connectivity index (χ3n) is 4.64. The molecule has 7 nitrogen and oxygen atoms in total. The summed E-state index contributed by atoms with van der Waals surface area (Å²) in [6.45, 7) is 5.48. The van der Waals surface area contributed by atoms with Crippen LogP contribution in [-0.4, -0.2) is 62.8 Å². The SMILES string of the molecule is CC(C)Oc1cccc(Sc2nc(N)nc3c2ncn3CC(C)OCP(CC(F)(F)F)CC(F)(F)F)c1. The van der Waals surface area contributed by atoms with Crippen LogP contribution in [-0.2, 0) is 11.3 Å². The lowest BCUT2D eigenvalue weighted by molar-refractivity contribution is -0.112. The number of ether oxygens (including phenoxy) is 2. The highest BCUT2D eigenvalue weighted by Crippen LogP contribution is 2.46. The quantitative estimate of drug-likeness (QED) is 0.164. The fourth-order valence-electron chi connectivity index (χ4n) is 3.35. The summed E-state index contributed by atoms with van der Waals surface area (Å²) in [5.74, 6) is 0.671. The number of nitrogens with two attached hydrogens (primary N) is 1. The van der Waals surface area contributed by atoms with Gasteiger partial charge in [-0.15, -0.1) is 0 Å². The predicted octanol–water partition coefficient (Wildman–Crippen LogP) is 6.32. The van der Waals surface area contributed by atoms with Crippen LogP contribution in [0.3, 0.4) is 0 Å². The van der Waals surface area contributed by atoms with Gasteiger partial charge in [0.2, 0.25) is 5.95 Å². The molecule has 0 radical (unpaired) electrons. The first-order valence-electron chi connectivity index (χ1n) is 11.1. The Bertz CT molecular complexity index is 1170. The Morgan fingerprint density at radius 3 is 2.35 bits per heavy atom. The molecule has 1 unspecified atom stereocenters. The Morgan fingerprint density at radius 2 is 1.73 bits per heavy atom. The Morgan fingerprint density at radius 1 is 1.05 bits per heavy atom. The van der Waals surface area contributed by atoms with Gasteiger partial charge < -0.3 is 19.8 Å². The van der Waals surface area contributed by atoms with Crippen molar-refractivity contribution in [3.05, 3.63) is 30.6 Å². The zero-order chi connectivity index (χ0) is 27.4. The number of aromatic nitrogens is 4. The second-order valence-corrected chi connectivity index (χ2v) is 11.8. The minimum Gasteiger partial charge on any atom is -0.491 e. The number of halogens is 6. The number of nitrogen functional groups attached to an aromatic ring is 1. The first-order chi connectivity index (χ1) is 17.2. The number of rotatable bonds is 11. The number of fused-ring (bicyclic) bond motifs is 1. The monoisotopic (exact) mass is 569 g/mol. The van der Waals surface area contributed by atoms with Crippen molar-refractivity contribution in [2.75, 3.05) is 24.4 Å². The van der Waals surface area contributed by atoms with Gasteiger partial charge in [0.15, 0.2) is 5.65 Å². The Balaban J connectivity index is 1.73. The molecule has 0 saturated heterocycles. The summed E-state index contributed by atoms with van der Waals surface area (Å²) in [5, 5.41) is 0.482. The lowest BCUT2D eigenvalue weighted by atomic mass is 10.3. The van der Waals surface area contributed by atoms with Gasteiger partial charge in [-0.2, -0.15) is 31.3 Å². The predicted molar refractivity (Wildman–Crippen MR) is 130 cm³/mol. The van der Waals surface area contributed by atoms with Crippen molar-refractivity contribution in [3.63, 3.8) is 0 Å². The molecule has 0 fully saturated rings. The smallest absolute Gasteiger partial charge is 0.392 e. The van der Waals surface area contributed by atoms with Gasteiger partial charge in [-0.25, -0.2) is 9.97 Å². The summed E-state index contributed by atoms with van der Waals surface area (Å²) in [6, 6.07) is 7.39. The van der Waals surface area contributed by atoms with Gasteiger partial charge in [0.1, 0.15) is 16.3 Å². The number of hydrogen-bond acceptors (Lipinski definition) is 7. The van der Waals surface area contributed by atoms with E-state index in [0.717, 1.165) is 4.90 Å². The number of benzene rings is 1. The van der Waals surface area contributed by atoms with Crippen LogP contribution in [0.1, 0.15) is 20.8 Å². The summed E-state index contributed by atoms with van der Waals surface area (Å²) in [7, 11) is -2.47. The van der Waals surface area contributed by atoms with Crippen LogP contribution in [0.5, 0.6) is 5.75 Å². The van der Waals surface area contributed by atoms with E-state index < -0.39 is 45.0 Å². The number of anilines is 1. The van der Waals surface area contributed by atoms with Crippen molar-refractivity contribution in [1.82, 2.24) is 19.5 Å². The van der Waals surface area contributed by atoms with Crippen LogP contribution in [0.25, 0.3) is 11.2 Å². The van der Waals surface area contributed by atoms with E-state index in [0.29, 0.717) is 21.9 Å². The van der Waals surface area contributed by atoms with Crippen LogP contribution in [0.2, 0.25) is 0 Å². The van der Waals surface area contributed by atoms with Crippen LogP contribution in [0.4, 0.5) is 32.3 Å². The lowest BCUT2D eigenvalue weighted by Gasteiger charge is -2.23. The van der Waals surface area contributed by atoms with Gasteiger partial charge in [-0.3, -0.25) is 0 Å². The van der Waals surface area contributed by atoms with E-state index in [1.54, 1.807) is 11.5 Å². The topological polar surface area (TPSA) is 88.1 Å². The number of imidazole rings is 1. The first kappa shape index (κ1) is 29.2. The molecular weight excluding hydrogens is 543 g/mol. The van der Waals surface area contributed by atoms with Crippen LogP contribution in [0, 0.1) is 0 Å². The van der Waals surface area contributed by atoms with E-state index in [-0.39, 0.29) is 18.6 Å². The molecule has 2 N–H and O–H groups in total. The Hall–Kier alpha value is -2.31. The highest BCUT2D eigenvalue weighted by molar-refractivity contribution is 7.99. The molecule has 0 spiro atoms. The molecule has 0 aliphatic rings. The molecule has 3 rings (SSSR count). The van der Waals surface area contributed by atoms with E-state index in [1.807, 2.05) is 38.1 Å². The van der Waals surface area contributed by atoms with Gasteiger partial charge >= 0.3 is 12.4 Å². The molecule has 15 heteroatoms. The minimum atomic E-state index is -4.70. The number of alkyl halides is 6. The highest BCUT2D eigenvalue weighted by atomic mass is 32.2. The lowest BCUT2D eigenvalue weighted by Crippen LogP contribution is -2.24. The van der Waals surface area contributed by atoms with Crippen molar-refractivity contribution >= 4 is 36.8 Å². The summed E-state index contributed by atoms with van der Waals surface area (Å²) in [6.07, 6.45) is -12.3. The molecule has 0 aliphatic heterocycles. The van der Waals surface area contributed by atoms with E-state index >= 15 is 0 Å². The zero-order valence-corrected chi connectivity index (χ0v) is 21.9. The molecule has 37 heavy (non-hydrogen) atoms. The molecular formula is C22H26F6N5O2PS. The minimum absolute atomic E-state index is 0.00000664. The van der Waals surface area contributed by atoms with Crippen molar-refractivity contribution in [1.29, 1.82) is 0 Å². The standard InChI is InChI=1S/C22H26F6N5O2PS/c1-13(2)35-15-5-4-6-16(7-15)37-19-17-18(31-20(29)32-19)33(11-30-17)8-14(3)34-12-36(9-21(23,24)25)10-22(26,27)28/h4-7,11,13-14H,8-10,12H2,1-3H3,(H2,29,31,32). The zero-order valence-electron chi connectivity index (χ0n) is 20.2. The van der Waals surface area contributed by atoms with Gasteiger partial charge in [-0.1, -0.05) is 25.7 Å². The molecule has 0 amide bonds. The molecule has 2 aromatic heterocycles. The van der Waals surface area contributed by atoms with Crippen molar-refractivity contribution < 1.29 is 35.8 Å². The summed E-state index contributed by atoms with van der Waals surface area (Å²) < 4.78 is 89.1. The Kier molecular flexibility index (Phi) is 9.52. The highest BCUT2D eigenvalue weighted by Gasteiger charge is 2.38. The first-order valence-corrected chi connectivity index (χ1v) is 13.8. The summed E-state index contributed by atoms with van der Waals surface area (Å²) >= 11 is 1.30. The largest absolute Gasteiger partial charge is 0.491 e. The maximum Gasteiger partial charge on any atom is 0.392 e. The molecule has 0 aliphatic carbocycles. The fourth-order valence-corrected chi connectivity index (χ4v) is 6.05. The van der Waals surface area contributed by atoms with Crippen LogP contribution in [0.15, 0.2) is 40.5 Å². The molecule has 3 aromatic rings. The van der Waals surface area contributed by atoms with Gasteiger partial charge in [0.05, 0.1) is 43.8 Å². The average molecular weight is 570 g/mol.